The number of rotatable bonds is 4. The lowest BCUT2D eigenvalue weighted by atomic mass is 10.2. The number of aromatic nitrogens is 1. The molecule has 0 saturated heterocycles. The number of hydrogen-bond acceptors (Lipinski definition) is 5. The summed E-state index contributed by atoms with van der Waals surface area (Å²) in [5.74, 6) is 1.26. The van der Waals surface area contributed by atoms with Gasteiger partial charge in [0.05, 0.1) is 6.10 Å². The van der Waals surface area contributed by atoms with Gasteiger partial charge in [0.15, 0.2) is 0 Å². The summed E-state index contributed by atoms with van der Waals surface area (Å²) in [5.41, 5.74) is 6.95. The van der Waals surface area contributed by atoms with E-state index < -0.39 is 0 Å². The van der Waals surface area contributed by atoms with Crippen LogP contribution in [0.2, 0.25) is 0 Å². The summed E-state index contributed by atoms with van der Waals surface area (Å²) in [6, 6.07) is 0. The minimum absolute atomic E-state index is 0.342. The maximum absolute atomic E-state index is 9.16. The molecular formula is C9H15N3OS. The summed E-state index contributed by atoms with van der Waals surface area (Å²) in [6.07, 6.45) is 2.09. The molecule has 0 spiro atoms. The number of hydrogen-bond donors (Lipinski definition) is 3. The zero-order valence-electron chi connectivity index (χ0n) is 8.16. The van der Waals surface area contributed by atoms with Crippen LogP contribution in [0.5, 0.6) is 0 Å². The molecule has 5 heteroatoms. The van der Waals surface area contributed by atoms with Gasteiger partial charge >= 0.3 is 0 Å². The summed E-state index contributed by atoms with van der Waals surface area (Å²) < 4.78 is 4.13. The highest BCUT2D eigenvalue weighted by Gasteiger charge is 2.30. The first-order valence-corrected chi connectivity index (χ1v) is 5.62. The number of nitrogens with one attached hydrogen (secondary N) is 1. The Labute approximate surface area is 87.3 Å². The molecule has 1 atom stereocenters. The van der Waals surface area contributed by atoms with Crippen molar-refractivity contribution in [3.05, 3.63) is 5.56 Å². The van der Waals surface area contributed by atoms with Crippen molar-refractivity contribution in [1.82, 2.24) is 4.37 Å². The normalized spacial score (nSPS) is 18.1. The predicted octanol–water partition coefficient (Wildman–Crippen LogP) is 1.40. The Kier molecular flexibility index (Phi) is 2.60. The molecule has 0 aromatic carbocycles. The number of aliphatic hydroxyl groups is 1. The average molecular weight is 213 g/mol. The summed E-state index contributed by atoms with van der Waals surface area (Å²) in [5, 5.41) is 13.4. The van der Waals surface area contributed by atoms with Crippen molar-refractivity contribution >= 4 is 22.4 Å². The Bertz CT molecular complexity index is 320. The quantitative estimate of drug-likeness (QED) is 0.707. The van der Waals surface area contributed by atoms with Crippen LogP contribution in [-0.2, 0) is 0 Å². The fourth-order valence-electron chi connectivity index (χ4n) is 1.44. The van der Waals surface area contributed by atoms with Gasteiger partial charge in [-0.1, -0.05) is 0 Å². The third kappa shape index (κ3) is 1.99. The Balaban J connectivity index is 2.08. The Morgan fingerprint density at radius 2 is 2.43 bits per heavy atom. The van der Waals surface area contributed by atoms with E-state index in [9.17, 15) is 0 Å². The number of aliphatic hydroxyl groups excluding tert-OH is 1. The molecule has 1 saturated carbocycles. The minimum Gasteiger partial charge on any atom is -0.392 e. The van der Waals surface area contributed by atoms with Crippen molar-refractivity contribution in [2.24, 2.45) is 0 Å². The molecule has 4 N–H and O–H groups in total. The zero-order valence-corrected chi connectivity index (χ0v) is 8.97. The van der Waals surface area contributed by atoms with E-state index in [1.165, 1.54) is 24.4 Å². The second-order valence-corrected chi connectivity index (χ2v) is 4.59. The first-order valence-electron chi connectivity index (χ1n) is 4.85. The number of anilines is 2. The van der Waals surface area contributed by atoms with Gasteiger partial charge in [-0.25, -0.2) is 0 Å². The summed E-state index contributed by atoms with van der Waals surface area (Å²) in [4.78, 5) is 0. The zero-order chi connectivity index (χ0) is 10.1. The highest BCUT2D eigenvalue weighted by atomic mass is 32.1. The molecule has 1 aliphatic rings. The van der Waals surface area contributed by atoms with Crippen LogP contribution in [0.15, 0.2) is 0 Å². The summed E-state index contributed by atoms with van der Waals surface area (Å²) in [7, 11) is 0. The lowest BCUT2D eigenvalue weighted by Crippen LogP contribution is -2.15. The second-order valence-electron chi connectivity index (χ2n) is 3.81. The maximum Gasteiger partial charge on any atom is 0.142 e. The minimum atomic E-state index is -0.342. The standard InChI is InChI=1S/C9H15N3OS/c1-5(13)4-11-9-7(6-2-3-6)8(10)12-14-9/h5-6,11,13H,2-4H2,1H3,(H2,10,12). The summed E-state index contributed by atoms with van der Waals surface area (Å²) in [6.45, 7) is 2.32. The molecule has 0 radical (unpaired) electrons. The van der Waals surface area contributed by atoms with Gasteiger partial charge in [0.1, 0.15) is 10.8 Å². The lowest BCUT2D eigenvalue weighted by molar-refractivity contribution is 0.208. The van der Waals surface area contributed by atoms with E-state index in [-0.39, 0.29) is 6.10 Å². The van der Waals surface area contributed by atoms with Crippen LogP contribution in [0.1, 0.15) is 31.2 Å². The van der Waals surface area contributed by atoms with Crippen LogP contribution in [0.25, 0.3) is 0 Å². The van der Waals surface area contributed by atoms with Gasteiger partial charge < -0.3 is 16.2 Å². The molecule has 1 fully saturated rings. The molecule has 1 heterocycles. The lowest BCUT2D eigenvalue weighted by Gasteiger charge is -2.07. The number of nitrogens with zero attached hydrogens (tertiary/aromatic N) is 1. The van der Waals surface area contributed by atoms with Crippen LogP contribution < -0.4 is 11.1 Å². The molecule has 0 amide bonds. The molecule has 14 heavy (non-hydrogen) atoms. The van der Waals surface area contributed by atoms with Crippen molar-refractivity contribution < 1.29 is 5.11 Å². The molecule has 4 nitrogen and oxygen atoms in total. The van der Waals surface area contributed by atoms with Gasteiger partial charge in [-0.15, -0.1) is 0 Å². The Hall–Kier alpha value is -0.810. The van der Waals surface area contributed by atoms with Gasteiger partial charge in [-0.2, -0.15) is 4.37 Å². The van der Waals surface area contributed by atoms with Crippen molar-refractivity contribution in [2.45, 2.75) is 31.8 Å². The van der Waals surface area contributed by atoms with Gasteiger partial charge in [-0.05, 0) is 37.2 Å². The predicted molar refractivity (Wildman–Crippen MR) is 58.7 cm³/mol. The van der Waals surface area contributed by atoms with Crippen molar-refractivity contribution in [1.29, 1.82) is 0 Å². The monoisotopic (exact) mass is 213 g/mol. The van der Waals surface area contributed by atoms with Crippen molar-refractivity contribution in [3.63, 3.8) is 0 Å². The maximum atomic E-state index is 9.16. The number of nitrogen functional groups attached to an aromatic ring is 1. The first-order chi connectivity index (χ1) is 6.68. The number of nitrogens with two attached hydrogens (primary N) is 1. The SMILES string of the molecule is CC(O)CNc1snc(N)c1C1CC1. The molecule has 78 valence electrons. The third-order valence-corrected chi connectivity index (χ3v) is 3.13. The molecule has 1 aromatic heterocycles. The van der Waals surface area contributed by atoms with E-state index >= 15 is 0 Å². The highest BCUT2D eigenvalue weighted by Crippen LogP contribution is 2.47. The van der Waals surface area contributed by atoms with Crippen LogP contribution in [0.3, 0.4) is 0 Å². The van der Waals surface area contributed by atoms with Crippen LogP contribution in [0.4, 0.5) is 10.8 Å². The molecule has 1 unspecified atom stereocenters. The van der Waals surface area contributed by atoms with E-state index in [0.717, 1.165) is 10.6 Å². The van der Waals surface area contributed by atoms with Gasteiger partial charge in [0.25, 0.3) is 0 Å². The van der Waals surface area contributed by atoms with Crippen LogP contribution in [0, 0.1) is 0 Å². The van der Waals surface area contributed by atoms with Crippen molar-refractivity contribution in [3.8, 4) is 0 Å². The van der Waals surface area contributed by atoms with Gasteiger partial charge in [0, 0.05) is 12.1 Å². The average Bonchev–Trinajstić information content (AvgIpc) is 2.88. The van der Waals surface area contributed by atoms with Crippen LogP contribution >= 0.6 is 11.5 Å². The molecule has 2 rings (SSSR count). The van der Waals surface area contributed by atoms with E-state index in [2.05, 4.69) is 9.69 Å². The second kappa shape index (κ2) is 3.74. The Morgan fingerprint density at radius 1 is 1.71 bits per heavy atom. The fourth-order valence-corrected chi connectivity index (χ4v) is 2.25. The van der Waals surface area contributed by atoms with Crippen molar-refractivity contribution in [2.75, 3.05) is 17.6 Å². The molecule has 1 aliphatic carbocycles. The van der Waals surface area contributed by atoms with E-state index in [4.69, 9.17) is 10.8 Å². The highest BCUT2D eigenvalue weighted by molar-refractivity contribution is 7.10. The van der Waals surface area contributed by atoms with Crippen LogP contribution in [-0.4, -0.2) is 22.1 Å². The van der Waals surface area contributed by atoms with E-state index in [1.54, 1.807) is 6.92 Å². The largest absolute Gasteiger partial charge is 0.392 e. The summed E-state index contributed by atoms with van der Waals surface area (Å²) >= 11 is 1.39. The molecule has 0 bridgehead atoms. The van der Waals surface area contributed by atoms with Gasteiger partial charge in [0.2, 0.25) is 0 Å². The topological polar surface area (TPSA) is 71.2 Å². The van der Waals surface area contributed by atoms with E-state index in [1.807, 2.05) is 0 Å². The molecule has 0 aliphatic heterocycles. The van der Waals surface area contributed by atoms with Gasteiger partial charge in [-0.3, -0.25) is 0 Å². The Morgan fingerprint density at radius 3 is 3.00 bits per heavy atom. The molecule has 1 aromatic rings. The third-order valence-electron chi connectivity index (χ3n) is 2.30. The smallest absolute Gasteiger partial charge is 0.142 e. The fraction of sp³-hybridized carbons (Fsp3) is 0.667. The van der Waals surface area contributed by atoms with E-state index in [0.29, 0.717) is 18.3 Å². The molecular weight excluding hydrogens is 198 g/mol. The first kappa shape index (κ1) is 9.73.